The van der Waals surface area contributed by atoms with Gasteiger partial charge in [-0.2, -0.15) is 0 Å². The molecule has 0 spiro atoms. The molecular weight excluding hydrogens is 334 g/mol. The Hall–Kier alpha value is -1.37. The highest BCUT2D eigenvalue weighted by molar-refractivity contribution is 9.10. The maximum absolute atomic E-state index is 11.8. The summed E-state index contributed by atoms with van der Waals surface area (Å²) in [4.78, 5) is 19.3. The quantitative estimate of drug-likeness (QED) is 0.890. The number of benzene rings is 1. The van der Waals surface area contributed by atoms with E-state index in [1.54, 1.807) is 0 Å². The molecule has 1 aromatic carbocycles. The van der Waals surface area contributed by atoms with Gasteiger partial charge in [0.25, 0.3) is 0 Å². The lowest BCUT2D eigenvalue weighted by Crippen LogP contribution is -2.47. The second kappa shape index (κ2) is 5.79. The van der Waals surface area contributed by atoms with Crippen LogP contribution in [0.25, 0.3) is 10.9 Å². The highest BCUT2D eigenvalue weighted by atomic mass is 79.9. The summed E-state index contributed by atoms with van der Waals surface area (Å²) in [6, 6.07) is 5.30. The van der Waals surface area contributed by atoms with Crippen molar-refractivity contribution in [2.75, 3.05) is 33.2 Å². The summed E-state index contributed by atoms with van der Waals surface area (Å²) in [5.41, 5.74) is 1.80. The number of aromatic amines is 1. The van der Waals surface area contributed by atoms with Crippen LogP contribution in [-0.2, 0) is 4.79 Å². The van der Waals surface area contributed by atoms with E-state index in [4.69, 9.17) is 0 Å². The fourth-order valence-corrected chi connectivity index (χ4v) is 3.27. The number of hydrogen-bond donors (Lipinski definition) is 2. The minimum atomic E-state index is -0.789. The van der Waals surface area contributed by atoms with Crippen molar-refractivity contribution in [2.45, 2.75) is 6.04 Å². The van der Waals surface area contributed by atoms with Crippen molar-refractivity contribution in [1.29, 1.82) is 0 Å². The number of aromatic nitrogens is 1. The number of carbonyl (C=O) groups is 1. The monoisotopic (exact) mass is 351 g/mol. The van der Waals surface area contributed by atoms with Crippen molar-refractivity contribution in [3.8, 4) is 0 Å². The number of H-pyrrole nitrogens is 1. The molecule has 0 unspecified atom stereocenters. The standard InChI is InChI=1S/C15H18BrN3O2/c1-18-4-6-19(7-5-18)14(15(20)21)12-9-17-13-8-10(16)2-3-11(12)13/h2-3,8-9,14,17H,4-7H2,1H3,(H,20,21)/t14-/m0/s1. The Labute approximate surface area is 131 Å². The molecule has 0 aliphatic carbocycles. The number of nitrogens with zero attached hydrogens (tertiary/aromatic N) is 2. The topological polar surface area (TPSA) is 59.6 Å². The molecule has 0 bridgehead atoms. The Morgan fingerprint density at radius 3 is 2.71 bits per heavy atom. The van der Waals surface area contributed by atoms with Crippen molar-refractivity contribution < 1.29 is 9.90 Å². The first-order valence-electron chi connectivity index (χ1n) is 6.98. The second-order valence-electron chi connectivity index (χ2n) is 5.51. The number of aliphatic carboxylic acids is 1. The van der Waals surface area contributed by atoms with Crippen LogP contribution in [0.4, 0.5) is 0 Å². The van der Waals surface area contributed by atoms with E-state index in [0.29, 0.717) is 0 Å². The van der Waals surface area contributed by atoms with Crippen LogP contribution < -0.4 is 0 Å². The number of carboxylic acid groups (broad SMARTS) is 1. The minimum absolute atomic E-state index is 0.589. The fourth-order valence-electron chi connectivity index (χ4n) is 2.91. The Kier molecular flexibility index (Phi) is 4.01. The average molecular weight is 352 g/mol. The maximum atomic E-state index is 11.8. The summed E-state index contributed by atoms with van der Waals surface area (Å²) in [6.07, 6.45) is 1.83. The minimum Gasteiger partial charge on any atom is -0.480 e. The molecule has 6 heteroatoms. The molecule has 1 fully saturated rings. The Balaban J connectivity index is 1.98. The summed E-state index contributed by atoms with van der Waals surface area (Å²) in [5, 5.41) is 10.7. The Morgan fingerprint density at radius 1 is 1.33 bits per heavy atom. The van der Waals surface area contributed by atoms with Crippen molar-refractivity contribution in [2.24, 2.45) is 0 Å². The lowest BCUT2D eigenvalue weighted by molar-refractivity contribution is -0.144. The van der Waals surface area contributed by atoms with Gasteiger partial charge in [0.2, 0.25) is 0 Å². The largest absolute Gasteiger partial charge is 0.480 e. The molecule has 1 aliphatic rings. The molecule has 2 N–H and O–H groups in total. The van der Waals surface area contributed by atoms with Crippen molar-refractivity contribution in [3.05, 3.63) is 34.4 Å². The van der Waals surface area contributed by atoms with E-state index in [0.717, 1.165) is 47.1 Å². The first-order valence-corrected chi connectivity index (χ1v) is 7.77. The van der Waals surface area contributed by atoms with Crippen LogP contribution in [0.3, 0.4) is 0 Å². The number of fused-ring (bicyclic) bond motifs is 1. The summed E-state index contributed by atoms with van der Waals surface area (Å²) in [5.74, 6) is -0.789. The number of halogens is 1. The number of piperazine rings is 1. The fraction of sp³-hybridized carbons (Fsp3) is 0.400. The molecule has 5 nitrogen and oxygen atoms in total. The highest BCUT2D eigenvalue weighted by Gasteiger charge is 2.31. The Morgan fingerprint density at radius 2 is 2.05 bits per heavy atom. The van der Waals surface area contributed by atoms with Crippen LogP contribution in [0, 0.1) is 0 Å². The summed E-state index contributed by atoms with van der Waals surface area (Å²) >= 11 is 3.44. The lowest BCUT2D eigenvalue weighted by Gasteiger charge is -2.36. The van der Waals surface area contributed by atoms with Crippen LogP contribution in [-0.4, -0.2) is 59.1 Å². The van der Waals surface area contributed by atoms with E-state index in [1.807, 2.05) is 29.3 Å². The summed E-state index contributed by atoms with van der Waals surface area (Å²) in [7, 11) is 2.07. The summed E-state index contributed by atoms with van der Waals surface area (Å²) in [6.45, 7) is 3.35. The van der Waals surface area contributed by atoms with Gasteiger partial charge in [-0.3, -0.25) is 9.69 Å². The van der Waals surface area contributed by atoms with Gasteiger partial charge in [-0.05, 0) is 19.2 Å². The molecule has 1 aliphatic heterocycles. The average Bonchev–Trinajstić information content (AvgIpc) is 2.84. The van der Waals surface area contributed by atoms with Gasteiger partial charge in [-0.1, -0.05) is 22.0 Å². The van der Waals surface area contributed by atoms with Gasteiger partial charge in [-0.15, -0.1) is 0 Å². The normalized spacial score (nSPS) is 19.0. The number of likely N-dealkylation sites (N-methyl/N-ethyl adjacent to an activating group) is 1. The second-order valence-corrected chi connectivity index (χ2v) is 6.43. The van der Waals surface area contributed by atoms with Crippen molar-refractivity contribution in [1.82, 2.24) is 14.8 Å². The molecule has 1 saturated heterocycles. The predicted octanol–water partition coefficient (Wildman–Crippen LogP) is 2.30. The Bertz CT molecular complexity index is 662. The molecule has 0 radical (unpaired) electrons. The van der Waals surface area contributed by atoms with E-state index in [2.05, 4.69) is 32.9 Å². The van der Waals surface area contributed by atoms with Gasteiger partial charge in [0, 0.05) is 53.3 Å². The SMILES string of the molecule is CN1CCN([C@H](C(=O)O)c2c[nH]c3cc(Br)ccc23)CC1. The number of nitrogens with one attached hydrogen (secondary N) is 1. The molecule has 3 rings (SSSR count). The van der Waals surface area contributed by atoms with Gasteiger partial charge in [0.05, 0.1) is 0 Å². The van der Waals surface area contributed by atoms with Gasteiger partial charge in [-0.25, -0.2) is 0 Å². The van der Waals surface area contributed by atoms with Gasteiger partial charge in [0.1, 0.15) is 6.04 Å². The summed E-state index contributed by atoms with van der Waals surface area (Å²) < 4.78 is 0.981. The van der Waals surface area contributed by atoms with Crippen LogP contribution in [0.1, 0.15) is 11.6 Å². The molecule has 1 atom stereocenters. The molecular formula is C15H18BrN3O2. The lowest BCUT2D eigenvalue weighted by atomic mass is 10.0. The first kappa shape index (κ1) is 14.6. The van der Waals surface area contributed by atoms with Gasteiger partial charge < -0.3 is 15.0 Å². The van der Waals surface area contributed by atoms with E-state index >= 15 is 0 Å². The maximum Gasteiger partial charge on any atom is 0.325 e. The van der Waals surface area contributed by atoms with Crippen molar-refractivity contribution >= 4 is 32.8 Å². The first-order chi connectivity index (χ1) is 10.1. The van der Waals surface area contributed by atoms with E-state index in [-0.39, 0.29) is 0 Å². The molecule has 0 amide bonds. The smallest absolute Gasteiger partial charge is 0.325 e. The number of carboxylic acids is 1. The van der Waals surface area contributed by atoms with E-state index in [1.165, 1.54) is 0 Å². The molecule has 2 aromatic rings. The molecule has 1 aromatic heterocycles. The highest BCUT2D eigenvalue weighted by Crippen LogP contribution is 2.30. The molecule has 2 heterocycles. The van der Waals surface area contributed by atoms with Crippen LogP contribution in [0.5, 0.6) is 0 Å². The third-order valence-electron chi connectivity index (χ3n) is 4.11. The zero-order valence-electron chi connectivity index (χ0n) is 11.8. The third-order valence-corrected chi connectivity index (χ3v) is 4.60. The van der Waals surface area contributed by atoms with Crippen molar-refractivity contribution in [3.63, 3.8) is 0 Å². The zero-order valence-corrected chi connectivity index (χ0v) is 13.4. The van der Waals surface area contributed by atoms with Crippen LogP contribution >= 0.6 is 15.9 Å². The van der Waals surface area contributed by atoms with Crippen LogP contribution in [0.15, 0.2) is 28.9 Å². The molecule has 0 saturated carbocycles. The van der Waals surface area contributed by atoms with E-state index in [9.17, 15) is 9.90 Å². The third kappa shape index (κ3) is 2.84. The molecule has 21 heavy (non-hydrogen) atoms. The van der Waals surface area contributed by atoms with Gasteiger partial charge >= 0.3 is 5.97 Å². The number of hydrogen-bond acceptors (Lipinski definition) is 3. The van der Waals surface area contributed by atoms with Crippen LogP contribution in [0.2, 0.25) is 0 Å². The zero-order chi connectivity index (χ0) is 15.0. The van der Waals surface area contributed by atoms with E-state index < -0.39 is 12.0 Å². The number of rotatable bonds is 3. The van der Waals surface area contributed by atoms with Gasteiger partial charge in [0.15, 0.2) is 0 Å². The molecule has 112 valence electrons. The predicted molar refractivity (Wildman–Crippen MR) is 85.4 cm³/mol.